The molecule has 3 saturated heterocycles. The number of aromatic hydroxyl groups is 1. The third kappa shape index (κ3) is 5.63. The molecule has 0 amide bonds. The van der Waals surface area contributed by atoms with Crippen LogP contribution in [0.25, 0.3) is 32.9 Å². The van der Waals surface area contributed by atoms with E-state index in [1.165, 1.54) is 37.8 Å². The summed E-state index contributed by atoms with van der Waals surface area (Å²) in [6, 6.07) is 5.18. The van der Waals surface area contributed by atoms with Gasteiger partial charge in [-0.05, 0) is 68.0 Å². The number of methoxy groups -OCH3 is 1. The number of ether oxygens (including phenoxy) is 3. The lowest BCUT2D eigenvalue weighted by Gasteiger charge is -2.35. The number of hydrogen-bond donors (Lipinski definition) is 2. The minimum atomic E-state index is -0.830. The highest BCUT2D eigenvalue weighted by Gasteiger charge is 2.51. The molecule has 2 saturated carbocycles. The number of nitrogens with zero attached hydrogens (tertiary/aromatic N) is 5. The molecule has 5 atom stereocenters. The Morgan fingerprint density at radius 1 is 1.10 bits per heavy atom. The first kappa shape index (κ1) is 33.1. The topological polar surface area (TPSA) is 122 Å². The van der Waals surface area contributed by atoms with Crippen molar-refractivity contribution in [3.05, 3.63) is 41.5 Å². The summed E-state index contributed by atoms with van der Waals surface area (Å²) in [6.07, 6.45) is 9.74. The first-order valence-electron chi connectivity index (χ1n) is 18.1. The summed E-state index contributed by atoms with van der Waals surface area (Å²) in [6.45, 7) is 6.57. The summed E-state index contributed by atoms with van der Waals surface area (Å²) in [7, 11) is 1.42. The number of piperazine rings is 1. The molecule has 2 aromatic heterocycles. The van der Waals surface area contributed by atoms with Gasteiger partial charge < -0.3 is 34.4 Å². The Hall–Kier alpha value is -4.80. The molecule has 13 heteroatoms. The number of fused-ring (bicyclic) bond motifs is 5. The van der Waals surface area contributed by atoms with Crippen molar-refractivity contribution in [1.82, 2.24) is 25.2 Å². The van der Waals surface area contributed by atoms with Crippen LogP contribution in [-0.2, 0) is 9.53 Å². The molecule has 9 rings (SSSR count). The summed E-state index contributed by atoms with van der Waals surface area (Å²) < 4.78 is 49.8. The van der Waals surface area contributed by atoms with E-state index in [-0.39, 0.29) is 80.1 Å². The van der Waals surface area contributed by atoms with Crippen LogP contribution in [0, 0.1) is 47.1 Å². The zero-order valence-corrected chi connectivity index (χ0v) is 29.1. The Morgan fingerprint density at radius 2 is 1.90 bits per heavy atom. The molecule has 5 heterocycles. The Labute approximate surface area is 299 Å². The summed E-state index contributed by atoms with van der Waals surface area (Å²) in [5.74, 6) is 2.19. The summed E-state index contributed by atoms with van der Waals surface area (Å²) in [5, 5.41) is 15.1. The molecule has 5 fully saturated rings. The van der Waals surface area contributed by atoms with Crippen molar-refractivity contribution in [3.63, 3.8) is 0 Å². The standard InChI is InChI=1S/C39H40F2N6O5/c1-4-25-28(40)7-6-20-11-24(48)13-27(30(20)25)33-32(41)34-31(36(43-33)50-3)35(47-16-23-12-26(29(17-47)42-23)37(49)51-5-2)45-38(44-34)52-19-39(8-9-39)18-46-14-21-10-22(21)15-46/h1,6-7,11,13,21-23,26,29,42,48H,5,8-10,12,14-19H2,2-3H3. The van der Waals surface area contributed by atoms with Crippen LogP contribution < -0.4 is 19.7 Å². The number of rotatable bonds is 10. The number of hydrogen-bond acceptors (Lipinski definition) is 11. The van der Waals surface area contributed by atoms with Crippen molar-refractivity contribution in [3.8, 4) is 41.2 Å². The number of carbonyl (C=O) groups excluding carboxylic acids is 1. The van der Waals surface area contributed by atoms with E-state index in [0.717, 1.165) is 44.3 Å². The van der Waals surface area contributed by atoms with Gasteiger partial charge in [0.15, 0.2) is 5.82 Å². The van der Waals surface area contributed by atoms with Crippen LogP contribution in [0.5, 0.6) is 17.6 Å². The second-order valence-corrected chi connectivity index (χ2v) is 15.2. The predicted octanol–water partition coefficient (Wildman–Crippen LogP) is 4.66. The molecule has 4 aromatic rings. The number of phenolic OH excluding ortho intramolecular Hbond substituents is 1. The highest BCUT2D eigenvalue weighted by molar-refractivity contribution is 6.04. The summed E-state index contributed by atoms with van der Waals surface area (Å²) >= 11 is 0. The number of pyridine rings is 1. The van der Waals surface area contributed by atoms with E-state index in [2.05, 4.69) is 26.1 Å². The molecular weight excluding hydrogens is 670 g/mol. The van der Waals surface area contributed by atoms with Crippen LogP contribution in [0.3, 0.4) is 0 Å². The van der Waals surface area contributed by atoms with Gasteiger partial charge in [0.05, 0.1) is 31.8 Å². The summed E-state index contributed by atoms with van der Waals surface area (Å²) in [4.78, 5) is 31.6. The van der Waals surface area contributed by atoms with E-state index in [1.807, 2.05) is 4.90 Å². The van der Waals surface area contributed by atoms with Gasteiger partial charge in [0.25, 0.3) is 0 Å². The first-order chi connectivity index (χ1) is 25.2. The van der Waals surface area contributed by atoms with Crippen molar-refractivity contribution in [2.75, 3.05) is 57.9 Å². The number of esters is 1. The number of anilines is 1. The number of terminal acetylenes is 1. The quantitative estimate of drug-likeness (QED) is 0.177. The number of carbonyl (C=O) groups is 1. The molecule has 270 valence electrons. The van der Waals surface area contributed by atoms with Gasteiger partial charge in [-0.15, -0.1) is 6.42 Å². The molecule has 3 aliphatic heterocycles. The van der Waals surface area contributed by atoms with E-state index in [0.29, 0.717) is 43.9 Å². The van der Waals surface area contributed by atoms with Crippen LogP contribution in [0.1, 0.15) is 38.2 Å². The zero-order valence-electron chi connectivity index (χ0n) is 29.1. The fourth-order valence-electron chi connectivity index (χ4n) is 8.84. The number of benzene rings is 2. The molecule has 5 aliphatic rings. The molecule has 0 spiro atoms. The monoisotopic (exact) mass is 710 g/mol. The van der Waals surface area contributed by atoms with Crippen molar-refractivity contribution in [2.24, 2.45) is 23.2 Å². The molecule has 11 nitrogen and oxygen atoms in total. The Kier molecular flexibility index (Phi) is 7.89. The molecule has 0 radical (unpaired) electrons. The van der Waals surface area contributed by atoms with Crippen LogP contribution >= 0.6 is 0 Å². The SMILES string of the molecule is C#Cc1c(F)ccc2cc(O)cc(-c3nc(OC)c4c(N5CC6CC(C(=O)OCC)C(C5)N6)nc(OCC5(CN6CC7CC7C6)CC5)nc4c3F)c12. The second-order valence-electron chi connectivity index (χ2n) is 15.2. The highest BCUT2D eigenvalue weighted by atomic mass is 19.1. The maximum absolute atomic E-state index is 17.2. The average molecular weight is 711 g/mol. The van der Waals surface area contributed by atoms with Gasteiger partial charge in [-0.1, -0.05) is 12.0 Å². The van der Waals surface area contributed by atoms with Gasteiger partial charge in [-0.3, -0.25) is 4.79 Å². The number of nitrogens with one attached hydrogen (secondary N) is 1. The lowest BCUT2D eigenvalue weighted by Crippen LogP contribution is -2.53. The van der Waals surface area contributed by atoms with Crippen molar-refractivity contribution in [1.29, 1.82) is 0 Å². The third-order valence-corrected chi connectivity index (χ3v) is 11.7. The fraction of sp³-hybridized carbons (Fsp3) is 0.487. The largest absolute Gasteiger partial charge is 0.508 e. The predicted molar refractivity (Wildman–Crippen MR) is 189 cm³/mol. The van der Waals surface area contributed by atoms with Gasteiger partial charge in [0.1, 0.15) is 34.0 Å². The van der Waals surface area contributed by atoms with Crippen molar-refractivity contribution < 1.29 is 32.9 Å². The number of phenols is 1. The Bertz CT molecular complexity index is 2160. The molecule has 2 aliphatic carbocycles. The second kappa shape index (κ2) is 12.4. The molecule has 52 heavy (non-hydrogen) atoms. The van der Waals surface area contributed by atoms with E-state index >= 15 is 8.78 Å². The minimum absolute atomic E-state index is 0.00785. The van der Waals surface area contributed by atoms with Crippen LogP contribution in [-0.4, -0.2) is 96.1 Å². The van der Waals surface area contributed by atoms with E-state index < -0.39 is 11.6 Å². The van der Waals surface area contributed by atoms with Crippen LogP contribution in [0.2, 0.25) is 0 Å². The molecule has 5 unspecified atom stereocenters. The maximum Gasteiger partial charge on any atom is 0.319 e. The molecule has 2 aromatic carbocycles. The van der Waals surface area contributed by atoms with Crippen molar-refractivity contribution >= 4 is 33.5 Å². The van der Waals surface area contributed by atoms with Gasteiger partial charge in [-0.25, -0.2) is 13.8 Å². The Morgan fingerprint density at radius 3 is 2.63 bits per heavy atom. The van der Waals surface area contributed by atoms with Gasteiger partial charge in [0.2, 0.25) is 5.88 Å². The van der Waals surface area contributed by atoms with Gasteiger partial charge >= 0.3 is 12.0 Å². The normalized spacial score (nSPS) is 25.6. The smallest absolute Gasteiger partial charge is 0.319 e. The maximum atomic E-state index is 17.2. The van der Waals surface area contributed by atoms with Gasteiger partial charge in [0, 0.05) is 61.2 Å². The number of likely N-dealkylation sites (tertiary alicyclic amines) is 1. The highest BCUT2D eigenvalue weighted by Crippen LogP contribution is 2.51. The Balaban J connectivity index is 1.16. The number of halogens is 2. The molecule has 2 bridgehead atoms. The number of aromatic nitrogens is 3. The van der Waals surface area contributed by atoms with Gasteiger partial charge in [-0.2, -0.15) is 9.97 Å². The fourth-order valence-corrected chi connectivity index (χ4v) is 8.84. The van der Waals surface area contributed by atoms with Crippen molar-refractivity contribution in [2.45, 2.75) is 44.7 Å². The number of piperidine rings is 1. The molecule has 2 N–H and O–H groups in total. The minimum Gasteiger partial charge on any atom is -0.508 e. The molecular formula is C39H40F2N6O5. The first-order valence-corrected chi connectivity index (χ1v) is 18.1. The average Bonchev–Trinajstić information content (AvgIpc) is 4.01. The zero-order chi connectivity index (χ0) is 35.9. The third-order valence-electron chi connectivity index (χ3n) is 11.7. The summed E-state index contributed by atoms with van der Waals surface area (Å²) in [5.41, 5.74) is -0.337. The van der Waals surface area contributed by atoms with E-state index in [4.69, 9.17) is 25.6 Å². The van der Waals surface area contributed by atoms with Crippen LogP contribution in [0.4, 0.5) is 14.6 Å². The van der Waals surface area contributed by atoms with Crippen LogP contribution in [0.15, 0.2) is 24.3 Å². The lowest BCUT2D eigenvalue weighted by molar-refractivity contribution is -0.148. The van der Waals surface area contributed by atoms with E-state index in [1.54, 1.807) is 6.92 Å². The van der Waals surface area contributed by atoms with E-state index in [9.17, 15) is 9.90 Å². The lowest BCUT2D eigenvalue weighted by atomic mass is 9.95.